The van der Waals surface area contributed by atoms with Crippen LogP contribution in [0.3, 0.4) is 0 Å². The summed E-state index contributed by atoms with van der Waals surface area (Å²) in [7, 11) is 0. The van der Waals surface area contributed by atoms with Gasteiger partial charge >= 0.3 is 5.97 Å². The zero-order valence-corrected chi connectivity index (χ0v) is 11.5. The number of aliphatic carboxylic acids is 1. The minimum atomic E-state index is -1.24. The van der Waals surface area contributed by atoms with Crippen LogP contribution in [0, 0.1) is 0 Å². The van der Waals surface area contributed by atoms with Gasteiger partial charge in [-0.3, -0.25) is 0 Å². The van der Waals surface area contributed by atoms with Crippen molar-refractivity contribution in [3.05, 3.63) is 53.1 Å². The molecule has 3 nitrogen and oxygen atoms in total. The van der Waals surface area contributed by atoms with Gasteiger partial charge in [0.1, 0.15) is 6.61 Å². The first-order valence-electron chi connectivity index (χ1n) is 5.68. The lowest BCUT2D eigenvalue weighted by Crippen LogP contribution is -2.31. The summed E-state index contributed by atoms with van der Waals surface area (Å²) >= 11 is 12.4. The summed E-state index contributed by atoms with van der Waals surface area (Å²) in [6, 6.07) is 9.43. The van der Waals surface area contributed by atoms with Crippen LogP contribution >= 0.6 is 23.2 Å². The van der Waals surface area contributed by atoms with E-state index < -0.39 is 17.6 Å². The molecule has 0 amide bonds. The summed E-state index contributed by atoms with van der Waals surface area (Å²) in [4.78, 5) is 10.7. The van der Waals surface area contributed by atoms with Crippen LogP contribution in [0.1, 0.15) is 12.0 Å². The van der Waals surface area contributed by atoms with Crippen LogP contribution in [0.15, 0.2) is 47.5 Å². The number of alkyl halides is 1. The second-order valence-electron chi connectivity index (χ2n) is 4.15. The first kappa shape index (κ1) is 14.1. The number of ether oxygens (including phenoxy) is 1. The standard InChI is InChI=1S/C14H12Cl2O3/c15-11-6-7-12(10-4-2-1-3-5-10)14(16,8-11)19-9-13(17)18/h1-7H,8-9H2,(H,17,18). The second-order valence-corrected chi connectivity index (χ2v) is 5.24. The molecule has 2 rings (SSSR count). The van der Waals surface area contributed by atoms with Crippen LogP contribution in [-0.4, -0.2) is 22.7 Å². The number of rotatable bonds is 4. The molecule has 0 heterocycles. The Hall–Kier alpha value is -1.29. The van der Waals surface area contributed by atoms with E-state index >= 15 is 0 Å². The Morgan fingerprint density at radius 2 is 2.00 bits per heavy atom. The third kappa shape index (κ3) is 3.38. The topological polar surface area (TPSA) is 46.5 Å². The fourth-order valence-electron chi connectivity index (χ4n) is 1.90. The highest BCUT2D eigenvalue weighted by Crippen LogP contribution is 2.43. The Morgan fingerprint density at radius 1 is 1.32 bits per heavy atom. The highest BCUT2D eigenvalue weighted by molar-refractivity contribution is 6.34. The quantitative estimate of drug-likeness (QED) is 0.864. The van der Waals surface area contributed by atoms with Gasteiger partial charge < -0.3 is 9.84 Å². The Balaban J connectivity index is 2.33. The molecule has 19 heavy (non-hydrogen) atoms. The molecular weight excluding hydrogens is 287 g/mol. The first-order valence-corrected chi connectivity index (χ1v) is 6.44. The van der Waals surface area contributed by atoms with Gasteiger partial charge in [0, 0.05) is 17.0 Å². The van der Waals surface area contributed by atoms with E-state index in [0.29, 0.717) is 10.6 Å². The monoisotopic (exact) mass is 298 g/mol. The summed E-state index contributed by atoms with van der Waals surface area (Å²) < 4.78 is 5.34. The van der Waals surface area contributed by atoms with Gasteiger partial charge in [0.2, 0.25) is 0 Å². The Bertz CT molecular complexity index is 537. The second kappa shape index (κ2) is 5.78. The van der Waals surface area contributed by atoms with Crippen molar-refractivity contribution in [1.29, 1.82) is 0 Å². The zero-order chi connectivity index (χ0) is 13.9. The molecule has 1 aliphatic rings. The fourth-order valence-corrected chi connectivity index (χ4v) is 2.59. The summed E-state index contributed by atoms with van der Waals surface area (Å²) in [5.74, 6) is -1.07. The molecular formula is C14H12Cl2O3. The molecule has 0 saturated carbocycles. The van der Waals surface area contributed by atoms with Crippen LogP contribution in [-0.2, 0) is 9.53 Å². The Kier molecular flexibility index (Phi) is 4.30. The van der Waals surface area contributed by atoms with Crippen molar-refractivity contribution in [2.45, 2.75) is 11.5 Å². The van der Waals surface area contributed by atoms with Gasteiger partial charge in [-0.05, 0) is 11.6 Å². The van der Waals surface area contributed by atoms with E-state index in [1.54, 1.807) is 12.2 Å². The molecule has 0 fully saturated rings. The van der Waals surface area contributed by atoms with E-state index in [9.17, 15) is 4.79 Å². The number of carbonyl (C=O) groups is 1. The summed E-state index contributed by atoms with van der Waals surface area (Å²) in [5, 5.41) is 8.01. The number of halogens is 2. The van der Waals surface area contributed by atoms with Crippen molar-refractivity contribution < 1.29 is 14.6 Å². The number of carboxylic acids is 1. The SMILES string of the molecule is O=C(O)COC1(Cl)CC(Cl)=CC=C1c1ccccc1. The molecule has 1 aliphatic carbocycles. The third-order valence-electron chi connectivity index (χ3n) is 2.74. The first-order chi connectivity index (χ1) is 9.01. The lowest BCUT2D eigenvalue weighted by molar-refractivity contribution is -0.144. The minimum Gasteiger partial charge on any atom is -0.480 e. The van der Waals surface area contributed by atoms with Crippen molar-refractivity contribution in [3.63, 3.8) is 0 Å². The van der Waals surface area contributed by atoms with E-state index in [2.05, 4.69) is 0 Å². The van der Waals surface area contributed by atoms with Crippen molar-refractivity contribution in [2.75, 3.05) is 6.61 Å². The van der Waals surface area contributed by atoms with Crippen molar-refractivity contribution >= 4 is 34.7 Å². The van der Waals surface area contributed by atoms with Crippen LogP contribution < -0.4 is 0 Å². The van der Waals surface area contributed by atoms with E-state index in [0.717, 1.165) is 5.56 Å². The normalized spacial score (nSPS) is 22.6. The number of allylic oxidation sites excluding steroid dienone is 2. The molecule has 100 valence electrons. The molecule has 1 atom stereocenters. The van der Waals surface area contributed by atoms with E-state index in [-0.39, 0.29) is 6.42 Å². The molecule has 1 aromatic rings. The number of hydrogen-bond donors (Lipinski definition) is 1. The molecule has 5 heteroatoms. The zero-order valence-electron chi connectivity index (χ0n) is 9.98. The molecule has 0 saturated heterocycles. The molecule has 0 bridgehead atoms. The van der Waals surface area contributed by atoms with Crippen LogP contribution in [0.2, 0.25) is 0 Å². The summed E-state index contributed by atoms with van der Waals surface area (Å²) in [5.41, 5.74) is 1.59. The van der Waals surface area contributed by atoms with Crippen molar-refractivity contribution in [3.8, 4) is 0 Å². The van der Waals surface area contributed by atoms with Gasteiger partial charge in [0.05, 0.1) is 0 Å². The van der Waals surface area contributed by atoms with E-state index in [1.807, 2.05) is 30.3 Å². The largest absolute Gasteiger partial charge is 0.480 e. The van der Waals surface area contributed by atoms with Gasteiger partial charge in [-0.1, -0.05) is 59.6 Å². The molecule has 0 aromatic heterocycles. The lowest BCUT2D eigenvalue weighted by Gasteiger charge is -2.31. The molecule has 1 aromatic carbocycles. The van der Waals surface area contributed by atoms with E-state index in [4.69, 9.17) is 33.0 Å². The maximum Gasteiger partial charge on any atom is 0.329 e. The van der Waals surface area contributed by atoms with Gasteiger partial charge in [-0.25, -0.2) is 4.79 Å². The van der Waals surface area contributed by atoms with E-state index in [1.165, 1.54) is 0 Å². The highest BCUT2D eigenvalue weighted by Gasteiger charge is 2.37. The van der Waals surface area contributed by atoms with Crippen LogP contribution in [0.4, 0.5) is 0 Å². The molecule has 1 N–H and O–H groups in total. The van der Waals surface area contributed by atoms with Crippen molar-refractivity contribution in [2.24, 2.45) is 0 Å². The molecule has 0 radical (unpaired) electrons. The Labute approximate surface area is 121 Å². The van der Waals surface area contributed by atoms with Crippen molar-refractivity contribution in [1.82, 2.24) is 0 Å². The average Bonchev–Trinajstić information content (AvgIpc) is 2.37. The van der Waals surface area contributed by atoms with Gasteiger partial charge in [-0.2, -0.15) is 0 Å². The van der Waals surface area contributed by atoms with Gasteiger partial charge in [0.15, 0.2) is 5.06 Å². The number of carboxylic acid groups (broad SMARTS) is 1. The van der Waals surface area contributed by atoms with Gasteiger partial charge in [-0.15, -0.1) is 0 Å². The number of benzene rings is 1. The predicted octanol–water partition coefficient (Wildman–Crippen LogP) is 3.63. The number of hydrogen-bond acceptors (Lipinski definition) is 2. The Morgan fingerprint density at radius 3 is 2.63 bits per heavy atom. The molecule has 0 spiro atoms. The summed E-state index contributed by atoms with van der Waals surface area (Å²) in [6.45, 7) is -0.474. The minimum absolute atomic E-state index is 0.240. The predicted molar refractivity (Wildman–Crippen MR) is 75.1 cm³/mol. The maximum atomic E-state index is 10.7. The molecule has 0 aliphatic heterocycles. The average molecular weight is 299 g/mol. The third-order valence-corrected chi connectivity index (χ3v) is 3.44. The van der Waals surface area contributed by atoms with Crippen LogP contribution in [0.25, 0.3) is 5.57 Å². The van der Waals surface area contributed by atoms with Gasteiger partial charge in [0.25, 0.3) is 0 Å². The lowest BCUT2D eigenvalue weighted by atomic mass is 9.94. The fraction of sp³-hybridized carbons (Fsp3) is 0.214. The summed E-state index contributed by atoms with van der Waals surface area (Å²) in [6.07, 6.45) is 3.74. The maximum absolute atomic E-state index is 10.7. The smallest absolute Gasteiger partial charge is 0.329 e. The molecule has 1 unspecified atom stereocenters. The highest BCUT2D eigenvalue weighted by atomic mass is 35.5. The van der Waals surface area contributed by atoms with Crippen LogP contribution in [0.5, 0.6) is 0 Å².